The van der Waals surface area contributed by atoms with Crippen molar-refractivity contribution in [3.05, 3.63) is 71.3 Å². The summed E-state index contributed by atoms with van der Waals surface area (Å²) < 4.78 is 5.93. The lowest BCUT2D eigenvalue weighted by molar-refractivity contribution is 0.106. The third-order valence-electron chi connectivity index (χ3n) is 5.03. The normalized spacial score (nSPS) is 12.6. The number of hydrogen-bond acceptors (Lipinski definition) is 3. The van der Waals surface area contributed by atoms with Gasteiger partial charge in [0.1, 0.15) is 0 Å². The quantitative estimate of drug-likeness (QED) is 0.340. The molecular weight excluding hydrogens is 374 g/mol. The maximum absolute atomic E-state index is 9.27. The van der Waals surface area contributed by atoms with E-state index in [1.165, 1.54) is 11.1 Å². The highest BCUT2D eigenvalue weighted by atomic mass is 16.5. The van der Waals surface area contributed by atoms with E-state index in [4.69, 9.17) is 9.73 Å². The minimum Gasteiger partial charge on any atom is -0.396 e. The number of nitrogens with zero attached hydrogens (tertiary/aromatic N) is 1. The van der Waals surface area contributed by atoms with E-state index >= 15 is 0 Å². The first-order chi connectivity index (χ1) is 14.8. The third kappa shape index (κ3) is 8.97. The van der Waals surface area contributed by atoms with Crippen LogP contribution in [0.5, 0.6) is 0 Å². The third-order valence-corrected chi connectivity index (χ3v) is 5.03. The van der Waals surface area contributed by atoms with E-state index in [0.717, 1.165) is 43.9 Å². The standard InChI is InChI=1S/C25H37N3O2/c1-3-10-21(15-16-29)17-27-25(26-4-2)28-18-23-13-8-9-14-24(23)20-30-19-22-11-6-5-7-12-22/h5-9,11-14,21,29H,3-4,10,15-20H2,1-2H3,(H2,26,27,28). The number of hydrogen-bond donors (Lipinski definition) is 3. The average Bonchev–Trinajstić information content (AvgIpc) is 2.77. The summed E-state index contributed by atoms with van der Waals surface area (Å²) in [5.74, 6) is 1.28. The molecule has 2 aromatic carbocycles. The smallest absolute Gasteiger partial charge is 0.191 e. The number of rotatable bonds is 13. The zero-order valence-corrected chi connectivity index (χ0v) is 18.4. The van der Waals surface area contributed by atoms with Crippen molar-refractivity contribution in [1.82, 2.24) is 10.6 Å². The Bertz CT molecular complexity index is 728. The van der Waals surface area contributed by atoms with Crippen LogP contribution in [-0.2, 0) is 24.5 Å². The lowest BCUT2D eigenvalue weighted by Gasteiger charge is -2.18. The molecule has 0 aliphatic heterocycles. The van der Waals surface area contributed by atoms with Gasteiger partial charge in [-0.25, -0.2) is 4.99 Å². The van der Waals surface area contributed by atoms with Crippen LogP contribution in [0.3, 0.4) is 0 Å². The second-order valence-corrected chi connectivity index (χ2v) is 7.49. The van der Waals surface area contributed by atoms with Crippen molar-refractivity contribution in [2.45, 2.75) is 52.9 Å². The molecule has 0 saturated carbocycles. The molecule has 0 radical (unpaired) electrons. The Balaban J connectivity index is 1.94. The summed E-state index contributed by atoms with van der Waals surface area (Å²) in [6, 6.07) is 18.5. The van der Waals surface area contributed by atoms with Gasteiger partial charge in [0.05, 0.1) is 19.8 Å². The summed E-state index contributed by atoms with van der Waals surface area (Å²) in [6.45, 7) is 7.88. The Hall–Kier alpha value is -2.37. The van der Waals surface area contributed by atoms with Gasteiger partial charge in [-0.1, -0.05) is 67.9 Å². The first-order valence-corrected chi connectivity index (χ1v) is 11.1. The molecule has 0 amide bonds. The molecule has 30 heavy (non-hydrogen) atoms. The van der Waals surface area contributed by atoms with Crippen LogP contribution in [0.15, 0.2) is 59.6 Å². The summed E-state index contributed by atoms with van der Waals surface area (Å²) >= 11 is 0. The average molecular weight is 412 g/mol. The SMILES string of the molecule is CCCC(CCO)CNC(=NCc1ccccc1COCc1ccccc1)NCC. The molecule has 0 saturated heterocycles. The number of aliphatic imine (C=N–C) groups is 1. The van der Waals surface area contributed by atoms with Gasteiger partial charge in [0.15, 0.2) is 5.96 Å². The van der Waals surface area contributed by atoms with Gasteiger partial charge in [-0.2, -0.15) is 0 Å². The van der Waals surface area contributed by atoms with Gasteiger partial charge < -0.3 is 20.5 Å². The monoisotopic (exact) mass is 411 g/mol. The lowest BCUT2D eigenvalue weighted by Crippen LogP contribution is -2.40. The van der Waals surface area contributed by atoms with Gasteiger partial charge in [0.2, 0.25) is 0 Å². The maximum Gasteiger partial charge on any atom is 0.191 e. The van der Waals surface area contributed by atoms with E-state index in [1.54, 1.807) is 0 Å². The van der Waals surface area contributed by atoms with E-state index < -0.39 is 0 Å². The van der Waals surface area contributed by atoms with Gasteiger partial charge in [-0.3, -0.25) is 0 Å². The van der Waals surface area contributed by atoms with E-state index in [1.807, 2.05) is 30.3 Å². The van der Waals surface area contributed by atoms with E-state index in [0.29, 0.717) is 25.7 Å². The molecule has 5 heteroatoms. The largest absolute Gasteiger partial charge is 0.396 e. The van der Waals surface area contributed by atoms with Crippen LogP contribution in [0.1, 0.15) is 49.8 Å². The summed E-state index contributed by atoms with van der Waals surface area (Å²) in [5.41, 5.74) is 3.51. The highest BCUT2D eigenvalue weighted by Gasteiger charge is 2.09. The van der Waals surface area contributed by atoms with Gasteiger partial charge >= 0.3 is 0 Å². The van der Waals surface area contributed by atoms with E-state index in [-0.39, 0.29) is 6.61 Å². The molecule has 1 unspecified atom stereocenters. The number of aliphatic hydroxyl groups is 1. The predicted octanol–water partition coefficient (Wildman–Crippen LogP) is 4.26. The van der Waals surface area contributed by atoms with Crippen LogP contribution in [0, 0.1) is 5.92 Å². The van der Waals surface area contributed by atoms with Crippen LogP contribution in [0.25, 0.3) is 0 Å². The first kappa shape index (κ1) is 23.9. The Morgan fingerprint density at radius 1 is 0.933 bits per heavy atom. The molecule has 0 aliphatic carbocycles. The van der Waals surface area contributed by atoms with Crippen molar-refractivity contribution in [2.24, 2.45) is 10.9 Å². The number of aliphatic hydroxyl groups excluding tert-OH is 1. The molecule has 2 aromatic rings. The van der Waals surface area contributed by atoms with E-state index in [2.05, 4.69) is 48.7 Å². The highest BCUT2D eigenvalue weighted by Crippen LogP contribution is 2.13. The Morgan fingerprint density at radius 3 is 2.37 bits per heavy atom. The van der Waals surface area contributed by atoms with Crippen molar-refractivity contribution in [2.75, 3.05) is 19.7 Å². The minimum atomic E-state index is 0.233. The van der Waals surface area contributed by atoms with Crippen LogP contribution >= 0.6 is 0 Å². The molecule has 5 nitrogen and oxygen atoms in total. The fraction of sp³-hybridized carbons (Fsp3) is 0.480. The molecule has 0 heterocycles. The molecule has 0 aliphatic rings. The van der Waals surface area contributed by atoms with Crippen LogP contribution in [-0.4, -0.2) is 30.8 Å². The second kappa shape index (κ2) is 14.6. The molecule has 0 aromatic heterocycles. The minimum absolute atomic E-state index is 0.233. The fourth-order valence-corrected chi connectivity index (χ4v) is 3.39. The van der Waals surface area contributed by atoms with Crippen molar-refractivity contribution in [3.63, 3.8) is 0 Å². The summed E-state index contributed by atoms with van der Waals surface area (Å²) in [7, 11) is 0. The summed E-state index contributed by atoms with van der Waals surface area (Å²) in [5, 5.41) is 16.0. The number of nitrogens with one attached hydrogen (secondary N) is 2. The Kier molecular flexibility index (Phi) is 11.6. The predicted molar refractivity (Wildman–Crippen MR) is 124 cm³/mol. The van der Waals surface area contributed by atoms with Crippen molar-refractivity contribution in [3.8, 4) is 0 Å². The molecule has 3 N–H and O–H groups in total. The Labute approximate surface area is 181 Å². The van der Waals surface area contributed by atoms with Crippen molar-refractivity contribution >= 4 is 5.96 Å². The molecule has 0 bridgehead atoms. The summed E-state index contributed by atoms with van der Waals surface area (Å²) in [4.78, 5) is 4.78. The van der Waals surface area contributed by atoms with Gasteiger partial charge in [-0.05, 0) is 42.4 Å². The second-order valence-electron chi connectivity index (χ2n) is 7.49. The zero-order valence-electron chi connectivity index (χ0n) is 18.4. The number of ether oxygens (including phenoxy) is 1. The molecule has 2 rings (SSSR count). The van der Waals surface area contributed by atoms with Crippen LogP contribution < -0.4 is 10.6 Å². The first-order valence-electron chi connectivity index (χ1n) is 11.1. The Morgan fingerprint density at radius 2 is 1.67 bits per heavy atom. The summed E-state index contributed by atoms with van der Waals surface area (Å²) in [6.07, 6.45) is 3.05. The van der Waals surface area contributed by atoms with Crippen molar-refractivity contribution < 1.29 is 9.84 Å². The van der Waals surface area contributed by atoms with Crippen LogP contribution in [0.2, 0.25) is 0 Å². The van der Waals surface area contributed by atoms with Gasteiger partial charge in [0.25, 0.3) is 0 Å². The number of benzene rings is 2. The van der Waals surface area contributed by atoms with Gasteiger partial charge in [-0.15, -0.1) is 0 Å². The molecule has 1 atom stereocenters. The molecular formula is C25H37N3O2. The number of guanidine groups is 1. The van der Waals surface area contributed by atoms with Crippen LogP contribution in [0.4, 0.5) is 0 Å². The topological polar surface area (TPSA) is 65.9 Å². The van der Waals surface area contributed by atoms with Gasteiger partial charge in [0, 0.05) is 19.7 Å². The molecule has 0 spiro atoms. The fourth-order valence-electron chi connectivity index (χ4n) is 3.39. The molecule has 0 fully saturated rings. The maximum atomic E-state index is 9.27. The van der Waals surface area contributed by atoms with Crippen molar-refractivity contribution in [1.29, 1.82) is 0 Å². The zero-order chi connectivity index (χ0) is 21.4. The van der Waals surface area contributed by atoms with E-state index in [9.17, 15) is 5.11 Å². The molecule has 164 valence electrons. The lowest BCUT2D eigenvalue weighted by atomic mass is 10.0. The highest BCUT2D eigenvalue weighted by molar-refractivity contribution is 5.79.